The van der Waals surface area contributed by atoms with Gasteiger partial charge >= 0.3 is 12.1 Å². The second-order valence-corrected chi connectivity index (χ2v) is 6.80. The molecule has 1 heterocycles. The maximum absolute atomic E-state index is 12.1. The van der Waals surface area contributed by atoms with E-state index in [4.69, 9.17) is 18.9 Å². The highest BCUT2D eigenvalue weighted by atomic mass is 16.7. The van der Waals surface area contributed by atoms with E-state index in [9.17, 15) is 9.59 Å². The van der Waals surface area contributed by atoms with Crippen LogP contribution >= 0.6 is 0 Å². The third-order valence-electron chi connectivity index (χ3n) is 2.92. The molecule has 0 unspecified atom stereocenters. The minimum atomic E-state index is -0.760. The van der Waals surface area contributed by atoms with Gasteiger partial charge in [-0.2, -0.15) is 0 Å². The van der Waals surface area contributed by atoms with E-state index in [1.54, 1.807) is 34.6 Å². The van der Waals surface area contributed by atoms with Crippen LogP contribution in [0.4, 0.5) is 4.79 Å². The molecule has 1 aliphatic heterocycles. The molecule has 1 amide bonds. The molecule has 0 bridgehead atoms. The Morgan fingerprint density at radius 2 is 2.09 bits per heavy atom. The van der Waals surface area contributed by atoms with E-state index < -0.39 is 35.6 Å². The van der Waals surface area contributed by atoms with E-state index in [-0.39, 0.29) is 19.6 Å². The van der Waals surface area contributed by atoms with E-state index in [1.807, 2.05) is 0 Å². The Morgan fingerprint density at radius 1 is 1.43 bits per heavy atom. The zero-order valence-corrected chi connectivity index (χ0v) is 14.5. The van der Waals surface area contributed by atoms with Gasteiger partial charge in [-0.15, -0.1) is 0 Å². The monoisotopic (exact) mass is 329 g/mol. The number of hydrogen-bond donors (Lipinski definition) is 1. The van der Waals surface area contributed by atoms with Crippen LogP contribution in [-0.4, -0.2) is 48.8 Å². The highest BCUT2D eigenvalue weighted by Crippen LogP contribution is 2.25. The van der Waals surface area contributed by atoms with Gasteiger partial charge in [-0.3, -0.25) is 4.79 Å². The number of esters is 1. The predicted molar refractivity (Wildman–Crippen MR) is 83.8 cm³/mol. The first kappa shape index (κ1) is 19.4. The Labute approximate surface area is 137 Å². The maximum Gasteiger partial charge on any atom is 0.407 e. The molecular formula is C16H27NO6. The van der Waals surface area contributed by atoms with Crippen molar-refractivity contribution in [3.05, 3.63) is 12.7 Å². The summed E-state index contributed by atoms with van der Waals surface area (Å²) < 4.78 is 21.4. The van der Waals surface area contributed by atoms with Crippen LogP contribution in [0.3, 0.4) is 0 Å². The first-order valence-electron chi connectivity index (χ1n) is 7.60. The summed E-state index contributed by atoms with van der Waals surface area (Å²) in [6, 6.07) is -0.607. The van der Waals surface area contributed by atoms with Crippen molar-refractivity contribution < 1.29 is 28.5 Å². The molecule has 1 fully saturated rings. The Kier molecular flexibility index (Phi) is 6.58. The molecule has 132 valence electrons. The Balaban J connectivity index is 2.70. The highest BCUT2D eigenvalue weighted by molar-refractivity contribution is 5.73. The largest absolute Gasteiger partial charge is 0.460 e. The second kappa shape index (κ2) is 7.79. The van der Waals surface area contributed by atoms with E-state index in [1.165, 1.54) is 6.08 Å². The van der Waals surface area contributed by atoms with Crippen LogP contribution in [0.1, 0.15) is 41.0 Å². The quantitative estimate of drug-likeness (QED) is 0.594. The number of alkyl carbamates (subject to hydrolysis) is 1. The Bertz CT molecular complexity index is 440. The van der Waals surface area contributed by atoms with Gasteiger partial charge in [0.2, 0.25) is 0 Å². The van der Waals surface area contributed by atoms with E-state index in [0.29, 0.717) is 0 Å². The summed E-state index contributed by atoms with van der Waals surface area (Å²) in [5, 5.41) is 2.63. The van der Waals surface area contributed by atoms with Crippen molar-refractivity contribution in [2.75, 3.05) is 13.2 Å². The van der Waals surface area contributed by atoms with Crippen molar-refractivity contribution in [2.45, 2.75) is 64.6 Å². The second-order valence-electron chi connectivity index (χ2n) is 6.80. The molecule has 2 atom stereocenters. The zero-order valence-electron chi connectivity index (χ0n) is 14.5. The molecule has 23 heavy (non-hydrogen) atoms. The van der Waals surface area contributed by atoms with Gasteiger partial charge in [0.15, 0.2) is 5.79 Å². The van der Waals surface area contributed by atoms with Crippen molar-refractivity contribution in [3.8, 4) is 0 Å². The van der Waals surface area contributed by atoms with Crippen LogP contribution in [0.15, 0.2) is 12.7 Å². The van der Waals surface area contributed by atoms with E-state index >= 15 is 0 Å². The van der Waals surface area contributed by atoms with E-state index in [2.05, 4.69) is 11.9 Å². The molecule has 1 saturated heterocycles. The average Bonchev–Trinajstić information content (AvgIpc) is 2.73. The molecule has 1 N–H and O–H groups in total. The van der Waals surface area contributed by atoms with Gasteiger partial charge in [0.05, 0.1) is 19.1 Å². The van der Waals surface area contributed by atoms with Gasteiger partial charge in [0.25, 0.3) is 0 Å². The molecule has 7 nitrogen and oxygen atoms in total. The van der Waals surface area contributed by atoms with Crippen LogP contribution in [0.2, 0.25) is 0 Å². The number of ether oxygens (including phenoxy) is 4. The molecule has 0 radical (unpaired) electrons. The Hall–Kier alpha value is -1.60. The number of hydrogen-bond acceptors (Lipinski definition) is 6. The van der Waals surface area contributed by atoms with Gasteiger partial charge in [-0.05, 0) is 34.6 Å². The minimum Gasteiger partial charge on any atom is -0.460 e. The van der Waals surface area contributed by atoms with Gasteiger partial charge in [0, 0.05) is 0 Å². The molecule has 7 heteroatoms. The van der Waals surface area contributed by atoms with Crippen molar-refractivity contribution in [1.29, 1.82) is 0 Å². The highest BCUT2D eigenvalue weighted by Gasteiger charge is 2.39. The van der Waals surface area contributed by atoms with Crippen molar-refractivity contribution in [2.24, 2.45) is 0 Å². The number of nitrogens with one attached hydrogen (secondary N) is 1. The van der Waals surface area contributed by atoms with Crippen molar-refractivity contribution in [1.82, 2.24) is 5.32 Å². The fourth-order valence-corrected chi connectivity index (χ4v) is 2.08. The lowest BCUT2D eigenvalue weighted by atomic mass is 10.1. The Morgan fingerprint density at radius 3 is 2.57 bits per heavy atom. The molecule has 0 aliphatic carbocycles. The van der Waals surface area contributed by atoms with Crippen LogP contribution in [0, 0.1) is 0 Å². The standard InChI is InChI=1S/C16H27NO6/c1-7-8-20-14(19)17-11(9-13(18)23-15(2,3)4)12-10-21-16(5,6)22-12/h7,11-12H,1,8-10H2,2-6H3,(H,17,19)/t11-,12-/m0/s1. The number of carbonyl (C=O) groups is 2. The third-order valence-corrected chi connectivity index (χ3v) is 2.92. The summed E-state index contributed by atoms with van der Waals surface area (Å²) in [4.78, 5) is 23.8. The smallest absolute Gasteiger partial charge is 0.407 e. The lowest BCUT2D eigenvalue weighted by Crippen LogP contribution is -2.47. The molecule has 0 spiro atoms. The summed E-state index contributed by atoms with van der Waals surface area (Å²) in [5.74, 6) is -1.19. The number of carbonyl (C=O) groups excluding carboxylic acids is 2. The molecule has 1 rings (SSSR count). The first-order chi connectivity index (χ1) is 10.5. The van der Waals surface area contributed by atoms with E-state index in [0.717, 1.165) is 0 Å². The van der Waals surface area contributed by atoms with Gasteiger partial charge < -0.3 is 24.3 Å². The zero-order chi connectivity index (χ0) is 17.7. The van der Waals surface area contributed by atoms with Crippen molar-refractivity contribution in [3.63, 3.8) is 0 Å². The molecule has 0 aromatic carbocycles. The predicted octanol–water partition coefficient (Wildman–Crippen LogP) is 2.15. The summed E-state index contributed by atoms with van der Waals surface area (Å²) in [5.41, 5.74) is -0.600. The third kappa shape index (κ3) is 7.47. The van der Waals surface area contributed by atoms with Gasteiger partial charge in [-0.1, -0.05) is 12.7 Å². The number of rotatable bonds is 6. The number of amides is 1. The summed E-state index contributed by atoms with van der Waals surface area (Å²) in [6.07, 6.45) is 0.311. The SMILES string of the molecule is C=CCOC(=O)N[C@@H](CC(=O)OC(C)(C)C)[C@@H]1COC(C)(C)O1. The first-order valence-corrected chi connectivity index (χ1v) is 7.60. The fraction of sp³-hybridized carbons (Fsp3) is 0.750. The minimum absolute atomic E-state index is 0.0371. The van der Waals surface area contributed by atoms with Crippen LogP contribution in [0.25, 0.3) is 0 Å². The van der Waals surface area contributed by atoms with Crippen molar-refractivity contribution >= 4 is 12.1 Å². The molecule has 0 saturated carbocycles. The summed E-state index contributed by atoms with van der Waals surface area (Å²) in [6.45, 7) is 12.7. The topological polar surface area (TPSA) is 83.1 Å². The maximum atomic E-state index is 12.1. The van der Waals surface area contributed by atoms with Gasteiger partial charge in [0.1, 0.15) is 18.3 Å². The van der Waals surface area contributed by atoms with Crippen LogP contribution in [0.5, 0.6) is 0 Å². The molecule has 1 aliphatic rings. The molecular weight excluding hydrogens is 302 g/mol. The molecule has 0 aromatic heterocycles. The van der Waals surface area contributed by atoms with Crippen LogP contribution in [-0.2, 0) is 23.7 Å². The molecule has 0 aromatic rings. The summed E-state index contributed by atoms with van der Waals surface area (Å²) in [7, 11) is 0. The normalized spacial score (nSPS) is 21.3. The lowest BCUT2D eigenvalue weighted by molar-refractivity contribution is -0.159. The van der Waals surface area contributed by atoms with Crippen LogP contribution < -0.4 is 5.32 Å². The lowest BCUT2D eigenvalue weighted by Gasteiger charge is -2.26. The summed E-state index contributed by atoms with van der Waals surface area (Å²) >= 11 is 0. The van der Waals surface area contributed by atoms with Gasteiger partial charge in [-0.25, -0.2) is 4.79 Å². The average molecular weight is 329 g/mol. The fourth-order valence-electron chi connectivity index (χ4n) is 2.08.